The van der Waals surface area contributed by atoms with Crippen molar-refractivity contribution in [2.45, 2.75) is 32.2 Å². The third-order valence-electron chi connectivity index (χ3n) is 5.55. The van der Waals surface area contributed by atoms with E-state index in [0.29, 0.717) is 24.5 Å². The number of nitrogens with zero attached hydrogens (tertiary/aromatic N) is 6. The topological polar surface area (TPSA) is 93.5 Å². The molecule has 0 bridgehead atoms. The van der Waals surface area contributed by atoms with Crippen molar-refractivity contribution in [1.82, 2.24) is 30.0 Å². The van der Waals surface area contributed by atoms with Gasteiger partial charge in [-0.25, -0.2) is 4.68 Å². The molecule has 2 amide bonds. The minimum atomic E-state index is 0.00612. The molecule has 2 aliphatic heterocycles. The maximum Gasteiger partial charge on any atom is 0.257 e. The number of para-hydroxylation sites is 1. The lowest BCUT2D eigenvalue weighted by Gasteiger charge is -2.32. The fourth-order valence-corrected chi connectivity index (χ4v) is 3.99. The molecule has 0 spiro atoms. The number of benzene rings is 1. The molecule has 1 unspecified atom stereocenters. The molecule has 9 heteroatoms. The number of likely N-dealkylation sites (tertiary alicyclic amines) is 2. The van der Waals surface area contributed by atoms with Crippen molar-refractivity contribution in [2.24, 2.45) is 5.92 Å². The van der Waals surface area contributed by atoms with E-state index in [1.807, 2.05) is 34.1 Å². The molecule has 0 saturated carbocycles. The molecule has 0 aliphatic carbocycles. The summed E-state index contributed by atoms with van der Waals surface area (Å²) >= 11 is 0. The lowest BCUT2D eigenvalue weighted by atomic mass is 9.99. The van der Waals surface area contributed by atoms with Gasteiger partial charge in [0.05, 0.1) is 12.2 Å². The van der Waals surface area contributed by atoms with Gasteiger partial charge in [-0.2, -0.15) is 0 Å². The lowest BCUT2D eigenvalue weighted by Crippen LogP contribution is -2.43. The van der Waals surface area contributed by atoms with Gasteiger partial charge in [0.15, 0.2) is 0 Å². The van der Waals surface area contributed by atoms with Crippen LogP contribution in [0.25, 0.3) is 0 Å². The SMILES string of the molecule is O=C(Cn1cnnn1)N1CCCC(COc2ccccc2C(=O)N2CCCC2)C1. The van der Waals surface area contributed by atoms with Gasteiger partial charge in [0.2, 0.25) is 5.91 Å². The van der Waals surface area contributed by atoms with E-state index in [0.717, 1.165) is 45.3 Å². The average Bonchev–Trinajstić information content (AvgIpc) is 3.46. The van der Waals surface area contributed by atoms with Crippen molar-refractivity contribution in [2.75, 3.05) is 32.8 Å². The van der Waals surface area contributed by atoms with Crippen LogP contribution in [0.15, 0.2) is 30.6 Å². The summed E-state index contributed by atoms with van der Waals surface area (Å²) in [6.45, 7) is 3.64. The number of rotatable bonds is 6. The third kappa shape index (κ3) is 4.72. The number of ether oxygens (including phenoxy) is 1. The number of carbonyl (C=O) groups excluding carboxylic acids is 2. The molecule has 2 aromatic rings. The zero-order valence-corrected chi connectivity index (χ0v) is 16.4. The van der Waals surface area contributed by atoms with Crippen molar-refractivity contribution in [3.05, 3.63) is 36.2 Å². The Labute approximate surface area is 169 Å². The Bertz CT molecular complexity index is 835. The van der Waals surface area contributed by atoms with Crippen LogP contribution in [-0.4, -0.2) is 74.6 Å². The lowest BCUT2D eigenvalue weighted by molar-refractivity contribution is -0.134. The number of hydrogen-bond acceptors (Lipinski definition) is 6. The number of aromatic nitrogens is 4. The molecular weight excluding hydrogens is 372 g/mol. The Kier molecular flexibility index (Phi) is 6.02. The number of amides is 2. The van der Waals surface area contributed by atoms with E-state index in [4.69, 9.17) is 4.74 Å². The van der Waals surface area contributed by atoms with Crippen LogP contribution in [0.2, 0.25) is 0 Å². The van der Waals surface area contributed by atoms with E-state index >= 15 is 0 Å². The van der Waals surface area contributed by atoms with E-state index in [1.165, 1.54) is 11.0 Å². The van der Waals surface area contributed by atoms with Gasteiger partial charge in [-0.3, -0.25) is 9.59 Å². The Morgan fingerprint density at radius 3 is 2.66 bits per heavy atom. The van der Waals surface area contributed by atoms with Crippen LogP contribution in [0.1, 0.15) is 36.0 Å². The summed E-state index contributed by atoms with van der Waals surface area (Å²) in [5.41, 5.74) is 0.622. The minimum absolute atomic E-state index is 0.00612. The van der Waals surface area contributed by atoms with Gasteiger partial charge in [0.1, 0.15) is 18.6 Å². The number of piperidine rings is 1. The maximum absolute atomic E-state index is 12.8. The van der Waals surface area contributed by atoms with E-state index in [9.17, 15) is 9.59 Å². The zero-order chi connectivity index (χ0) is 20.1. The van der Waals surface area contributed by atoms with Gasteiger partial charge in [0, 0.05) is 32.1 Å². The second-order valence-corrected chi connectivity index (χ2v) is 7.66. The quantitative estimate of drug-likeness (QED) is 0.727. The second kappa shape index (κ2) is 9.02. The summed E-state index contributed by atoms with van der Waals surface area (Å²) in [6, 6.07) is 7.45. The highest BCUT2D eigenvalue weighted by atomic mass is 16.5. The van der Waals surface area contributed by atoms with Crippen molar-refractivity contribution in [1.29, 1.82) is 0 Å². The Hall–Kier alpha value is -2.97. The van der Waals surface area contributed by atoms with E-state index in [-0.39, 0.29) is 24.3 Å². The number of carbonyl (C=O) groups is 2. The number of tetrazole rings is 1. The van der Waals surface area contributed by atoms with E-state index in [1.54, 1.807) is 0 Å². The molecule has 2 aliphatic rings. The summed E-state index contributed by atoms with van der Waals surface area (Å²) in [6.07, 6.45) is 5.49. The molecule has 3 heterocycles. The van der Waals surface area contributed by atoms with Crippen LogP contribution in [0.4, 0.5) is 0 Å². The highest BCUT2D eigenvalue weighted by Crippen LogP contribution is 2.24. The Morgan fingerprint density at radius 2 is 1.86 bits per heavy atom. The van der Waals surface area contributed by atoms with Crippen molar-refractivity contribution < 1.29 is 14.3 Å². The van der Waals surface area contributed by atoms with Crippen LogP contribution in [-0.2, 0) is 11.3 Å². The second-order valence-electron chi connectivity index (χ2n) is 7.66. The van der Waals surface area contributed by atoms with Gasteiger partial charge in [-0.15, -0.1) is 5.10 Å². The first-order valence-electron chi connectivity index (χ1n) is 10.2. The normalized spacial score (nSPS) is 19.4. The first-order chi connectivity index (χ1) is 14.2. The first-order valence-corrected chi connectivity index (χ1v) is 10.2. The number of hydrogen-bond donors (Lipinski definition) is 0. The summed E-state index contributed by atoms with van der Waals surface area (Å²) in [7, 11) is 0. The maximum atomic E-state index is 12.8. The van der Waals surface area contributed by atoms with Crippen LogP contribution in [0.3, 0.4) is 0 Å². The summed E-state index contributed by atoms with van der Waals surface area (Å²) < 4.78 is 7.50. The smallest absolute Gasteiger partial charge is 0.257 e. The van der Waals surface area contributed by atoms with Gasteiger partial charge in [0.25, 0.3) is 5.91 Å². The van der Waals surface area contributed by atoms with Gasteiger partial charge >= 0.3 is 0 Å². The molecule has 0 radical (unpaired) electrons. The molecule has 29 heavy (non-hydrogen) atoms. The molecule has 1 aromatic carbocycles. The highest BCUT2D eigenvalue weighted by Gasteiger charge is 2.26. The Morgan fingerprint density at radius 1 is 1.07 bits per heavy atom. The first kappa shape index (κ1) is 19.4. The predicted octanol–water partition coefficient (Wildman–Crippen LogP) is 1.23. The van der Waals surface area contributed by atoms with Crippen LogP contribution < -0.4 is 4.74 Å². The zero-order valence-electron chi connectivity index (χ0n) is 16.4. The summed E-state index contributed by atoms with van der Waals surface area (Å²) in [4.78, 5) is 29.0. The average molecular weight is 398 g/mol. The molecule has 2 fully saturated rings. The van der Waals surface area contributed by atoms with Crippen LogP contribution in [0, 0.1) is 5.92 Å². The van der Waals surface area contributed by atoms with Crippen molar-refractivity contribution in [3.8, 4) is 5.75 Å². The predicted molar refractivity (Wildman–Crippen MR) is 104 cm³/mol. The van der Waals surface area contributed by atoms with Crippen molar-refractivity contribution in [3.63, 3.8) is 0 Å². The van der Waals surface area contributed by atoms with Gasteiger partial charge in [-0.1, -0.05) is 12.1 Å². The molecule has 9 nitrogen and oxygen atoms in total. The Balaban J connectivity index is 1.34. The molecular formula is C20H26N6O3. The molecule has 4 rings (SSSR count). The molecule has 1 atom stereocenters. The molecule has 1 aromatic heterocycles. The van der Waals surface area contributed by atoms with Gasteiger partial charge in [-0.05, 0) is 48.2 Å². The standard InChI is InChI=1S/C20H26N6O3/c27-19(13-26-15-21-22-23-26)25-11-5-6-16(12-25)14-29-18-8-2-1-7-17(18)20(28)24-9-3-4-10-24/h1-2,7-8,15-16H,3-6,9-14H2. The minimum Gasteiger partial charge on any atom is -0.492 e. The van der Waals surface area contributed by atoms with Gasteiger partial charge < -0.3 is 14.5 Å². The molecule has 154 valence electrons. The summed E-state index contributed by atoms with van der Waals surface area (Å²) in [5, 5.41) is 10.9. The van der Waals surface area contributed by atoms with Crippen molar-refractivity contribution >= 4 is 11.8 Å². The largest absolute Gasteiger partial charge is 0.492 e. The van der Waals surface area contributed by atoms with E-state index < -0.39 is 0 Å². The highest BCUT2D eigenvalue weighted by molar-refractivity contribution is 5.97. The van der Waals surface area contributed by atoms with Crippen LogP contribution in [0.5, 0.6) is 5.75 Å². The fourth-order valence-electron chi connectivity index (χ4n) is 3.99. The van der Waals surface area contributed by atoms with E-state index in [2.05, 4.69) is 15.5 Å². The fraction of sp³-hybridized carbons (Fsp3) is 0.550. The molecule has 0 N–H and O–H groups in total. The van der Waals surface area contributed by atoms with Crippen LogP contribution >= 0.6 is 0 Å². The molecule has 2 saturated heterocycles. The monoisotopic (exact) mass is 398 g/mol. The summed E-state index contributed by atoms with van der Waals surface area (Å²) in [5.74, 6) is 0.907. The third-order valence-corrected chi connectivity index (χ3v) is 5.55.